The summed E-state index contributed by atoms with van der Waals surface area (Å²) in [5.41, 5.74) is 15.7. The van der Waals surface area contributed by atoms with E-state index in [0.29, 0.717) is 0 Å². The number of hydrogen-bond donors (Lipinski definition) is 0. The van der Waals surface area contributed by atoms with E-state index in [2.05, 4.69) is 182 Å². The van der Waals surface area contributed by atoms with Crippen LogP contribution in [0.4, 0.5) is 0 Å². The van der Waals surface area contributed by atoms with Crippen LogP contribution < -0.4 is 0 Å². The van der Waals surface area contributed by atoms with Gasteiger partial charge in [0.05, 0.1) is 0 Å². The zero-order chi connectivity index (χ0) is 32.3. The second-order valence-corrected chi connectivity index (χ2v) is 13.2. The van der Waals surface area contributed by atoms with Gasteiger partial charge in [0.1, 0.15) is 0 Å². The highest BCUT2D eigenvalue weighted by atomic mass is 14.3. The monoisotopic (exact) mass is 620 g/mol. The topological polar surface area (TPSA) is 0 Å². The number of fused-ring (bicyclic) bond motifs is 9. The van der Waals surface area contributed by atoms with Crippen LogP contribution in [-0.2, 0) is 6.42 Å². The van der Waals surface area contributed by atoms with E-state index in [-0.39, 0.29) is 0 Å². The van der Waals surface area contributed by atoms with Gasteiger partial charge in [0.15, 0.2) is 0 Å². The molecule has 0 aromatic heterocycles. The summed E-state index contributed by atoms with van der Waals surface area (Å²) >= 11 is 0. The van der Waals surface area contributed by atoms with Crippen molar-refractivity contribution in [1.29, 1.82) is 0 Å². The maximum atomic E-state index is 2.43. The Kier molecular flexibility index (Phi) is 6.35. The molecule has 1 aliphatic carbocycles. The average Bonchev–Trinajstić information content (AvgIpc) is 3.58. The Morgan fingerprint density at radius 3 is 1.22 bits per heavy atom. The van der Waals surface area contributed by atoms with Crippen LogP contribution in [0.15, 0.2) is 182 Å². The summed E-state index contributed by atoms with van der Waals surface area (Å²) in [6.45, 7) is 0. The molecule has 0 N–H and O–H groups in total. The van der Waals surface area contributed by atoms with Gasteiger partial charge >= 0.3 is 0 Å². The molecule has 0 fully saturated rings. The van der Waals surface area contributed by atoms with E-state index in [4.69, 9.17) is 0 Å². The minimum absolute atomic E-state index is 0.920. The first-order chi connectivity index (χ1) is 24.3. The van der Waals surface area contributed by atoms with Crippen molar-refractivity contribution in [3.63, 3.8) is 0 Å². The highest BCUT2D eigenvalue weighted by Gasteiger charge is 2.24. The van der Waals surface area contributed by atoms with Crippen LogP contribution in [0.1, 0.15) is 11.1 Å². The van der Waals surface area contributed by atoms with Crippen molar-refractivity contribution < 1.29 is 0 Å². The van der Waals surface area contributed by atoms with Crippen LogP contribution in [0.2, 0.25) is 0 Å². The van der Waals surface area contributed by atoms with Crippen LogP contribution in [0, 0.1) is 0 Å². The van der Waals surface area contributed by atoms with E-state index in [1.807, 2.05) is 0 Å². The Hall–Kier alpha value is -6.24. The minimum atomic E-state index is 0.920. The molecule has 0 aliphatic heterocycles. The fourth-order valence-electron chi connectivity index (χ4n) is 8.20. The lowest BCUT2D eigenvalue weighted by Crippen LogP contribution is -1.91. The van der Waals surface area contributed by atoms with Crippen molar-refractivity contribution in [2.24, 2.45) is 0 Å². The molecule has 0 spiro atoms. The van der Waals surface area contributed by atoms with E-state index >= 15 is 0 Å². The molecule has 10 rings (SSSR count). The molecule has 9 aromatic carbocycles. The van der Waals surface area contributed by atoms with E-state index in [1.165, 1.54) is 99.1 Å². The summed E-state index contributed by atoms with van der Waals surface area (Å²) in [6.07, 6.45) is 0.920. The zero-order valence-corrected chi connectivity index (χ0v) is 27.0. The average molecular weight is 621 g/mol. The predicted octanol–water partition coefficient (Wildman–Crippen LogP) is 13.4. The van der Waals surface area contributed by atoms with E-state index in [0.717, 1.165) is 6.42 Å². The van der Waals surface area contributed by atoms with E-state index < -0.39 is 0 Å². The Balaban J connectivity index is 1.05. The van der Waals surface area contributed by atoms with Crippen LogP contribution in [0.25, 0.3) is 88.0 Å². The molecule has 49 heavy (non-hydrogen) atoms. The molecule has 0 radical (unpaired) electrons. The van der Waals surface area contributed by atoms with Crippen molar-refractivity contribution in [2.75, 3.05) is 0 Å². The van der Waals surface area contributed by atoms with Gasteiger partial charge in [-0.05, 0) is 118 Å². The lowest BCUT2D eigenvalue weighted by atomic mass is 9.90. The van der Waals surface area contributed by atoms with Gasteiger partial charge < -0.3 is 0 Å². The molecule has 0 heteroatoms. The maximum Gasteiger partial charge on any atom is -0.000112 e. The standard InChI is InChI=1S/C49H32/c1-2-11-32(12-3-1)33-23-25-34(26-24-33)35-13-8-14-36(29-35)38-19-9-21-44-45-22-10-20-39(49(45)31-48(38)44)37-27-28-46-42-17-5-4-15-40(42)41-16-6-7-18-43(41)47(46)30-37/h1-30H,31H2. The first-order valence-corrected chi connectivity index (χ1v) is 17.1. The van der Waals surface area contributed by atoms with Crippen LogP contribution in [-0.4, -0.2) is 0 Å². The van der Waals surface area contributed by atoms with Gasteiger partial charge in [-0.1, -0.05) is 170 Å². The predicted molar refractivity (Wildman–Crippen MR) is 209 cm³/mol. The Labute approximate surface area is 286 Å². The van der Waals surface area contributed by atoms with E-state index in [1.54, 1.807) is 0 Å². The van der Waals surface area contributed by atoms with Crippen LogP contribution >= 0.6 is 0 Å². The molecule has 0 nitrogen and oxygen atoms in total. The number of benzene rings is 9. The third-order valence-electron chi connectivity index (χ3n) is 10.5. The molecule has 0 saturated heterocycles. The first kappa shape index (κ1) is 27.8. The van der Waals surface area contributed by atoms with Gasteiger partial charge in [-0.3, -0.25) is 0 Å². The largest absolute Gasteiger partial charge is 0.0622 e. The maximum absolute atomic E-state index is 2.43. The molecule has 0 unspecified atom stereocenters. The second kappa shape index (κ2) is 11.2. The lowest BCUT2D eigenvalue weighted by Gasteiger charge is -2.14. The van der Waals surface area contributed by atoms with Gasteiger partial charge in [-0.15, -0.1) is 0 Å². The zero-order valence-electron chi connectivity index (χ0n) is 27.0. The third kappa shape index (κ3) is 4.53. The Bertz CT molecular complexity index is 2680. The molecular formula is C49H32. The van der Waals surface area contributed by atoms with Crippen LogP contribution in [0.3, 0.4) is 0 Å². The molecule has 0 atom stereocenters. The number of rotatable bonds is 4. The Morgan fingerprint density at radius 1 is 0.224 bits per heavy atom. The summed E-state index contributed by atoms with van der Waals surface area (Å²) in [5, 5.41) is 7.88. The molecule has 0 amide bonds. The fraction of sp³-hybridized carbons (Fsp3) is 0.0204. The third-order valence-corrected chi connectivity index (χ3v) is 10.5. The van der Waals surface area contributed by atoms with Crippen molar-refractivity contribution in [1.82, 2.24) is 0 Å². The molecule has 0 bridgehead atoms. The van der Waals surface area contributed by atoms with Crippen molar-refractivity contribution in [2.45, 2.75) is 6.42 Å². The van der Waals surface area contributed by atoms with Gasteiger partial charge in [-0.25, -0.2) is 0 Å². The van der Waals surface area contributed by atoms with Gasteiger partial charge in [-0.2, -0.15) is 0 Å². The molecule has 228 valence electrons. The summed E-state index contributed by atoms with van der Waals surface area (Å²) in [6, 6.07) is 67.0. The van der Waals surface area contributed by atoms with Crippen molar-refractivity contribution in [3.05, 3.63) is 193 Å². The van der Waals surface area contributed by atoms with Crippen LogP contribution in [0.5, 0.6) is 0 Å². The Morgan fingerprint density at radius 2 is 0.612 bits per heavy atom. The van der Waals surface area contributed by atoms with Crippen molar-refractivity contribution in [3.8, 4) is 55.6 Å². The fourth-order valence-corrected chi connectivity index (χ4v) is 8.20. The molecular weight excluding hydrogens is 589 g/mol. The SMILES string of the molecule is c1ccc(-c2ccc(-c3cccc(-c4cccc5c4Cc4c(-c6ccc7c8ccccc8c8ccccc8c7c6)cccc4-5)c3)cc2)cc1. The lowest BCUT2D eigenvalue weighted by molar-refractivity contribution is 1.26. The highest BCUT2D eigenvalue weighted by Crippen LogP contribution is 2.46. The normalized spacial score (nSPS) is 12.0. The summed E-state index contributed by atoms with van der Waals surface area (Å²) in [5.74, 6) is 0. The summed E-state index contributed by atoms with van der Waals surface area (Å²) in [4.78, 5) is 0. The smallest absolute Gasteiger partial charge is 0.000112 e. The molecule has 0 saturated carbocycles. The number of hydrogen-bond acceptors (Lipinski definition) is 0. The first-order valence-electron chi connectivity index (χ1n) is 17.1. The van der Waals surface area contributed by atoms with E-state index in [9.17, 15) is 0 Å². The molecule has 1 aliphatic rings. The van der Waals surface area contributed by atoms with Gasteiger partial charge in [0.2, 0.25) is 0 Å². The summed E-state index contributed by atoms with van der Waals surface area (Å²) in [7, 11) is 0. The highest BCUT2D eigenvalue weighted by molar-refractivity contribution is 6.25. The summed E-state index contributed by atoms with van der Waals surface area (Å²) < 4.78 is 0. The van der Waals surface area contributed by atoms with Gasteiger partial charge in [0, 0.05) is 0 Å². The van der Waals surface area contributed by atoms with Crippen molar-refractivity contribution >= 4 is 32.3 Å². The van der Waals surface area contributed by atoms with Gasteiger partial charge in [0.25, 0.3) is 0 Å². The quantitative estimate of drug-likeness (QED) is 0.172. The molecule has 9 aromatic rings. The minimum Gasteiger partial charge on any atom is -0.0622 e. The molecule has 0 heterocycles. The second-order valence-electron chi connectivity index (χ2n) is 13.2.